The Morgan fingerprint density at radius 1 is 1.29 bits per heavy atom. The third-order valence-corrected chi connectivity index (χ3v) is 2.34. The predicted molar refractivity (Wildman–Crippen MR) is 53.9 cm³/mol. The lowest BCUT2D eigenvalue weighted by molar-refractivity contribution is -0.173. The molecule has 1 aliphatic heterocycles. The Balaban J connectivity index is 2.06. The van der Waals surface area contributed by atoms with Crippen LogP contribution in [-0.2, 0) is 14.3 Å². The largest absolute Gasteiger partial charge is 0.448 e. The summed E-state index contributed by atoms with van der Waals surface area (Å²) in [6, 6.07) is 8.09. The molecule has 17 heavy (non-hydrogen) atoms. The van der Waals surface area contributed by atoms with E-state index in [9.17, 15) is 14.4 Å². The van der Waals surface area contributed by atoms with E-state index in [2.05, 4.69) is 0 Å². The summed E-state index contributed by atoms with van der Waals surface area (Å²) in [7, 11) is 0. The van der Waals surface area contributed by atoms with Gasteiger partial charge in [-0.25, -0.2) is 4.79 Å². The van der Waals surface area contributed by atoms with Crippen molar-refractivity contribution in [2.45, 2.75) is 12.5 Å². The molecule has 0 radical (unpaired) electrons. The second kappa shape index (κ2) is 4.34. The maximum absolute atomic E-state index is 11.6. The molecule has 1 aromatic rings. The maximum atomic E-state index is 11.6. The molecule has 1 aliphatic rings. The summed E-state index contributed by atoms with van der Waals surface area (Å²) < 4.78 is 4.84. The van der Waals surface area contributed by atoms with E-state index in [1.807, 2.05) is 0 Å². The summed E-state index contributed by atoms with van der Waals surface area (Å²) in [6.45, 7) is 0. The molecular weight excluding hydrogens is 226 g/mol. The lowest BCUT2D eigenvalue weighted by atomic mass is 10.2. The van der Waals surface area contributed by atoms with Gasteiger partial charge in [-0.15, -0.1) is 0 Å². The second-order valence-corrected chi connectivity index (χ2v) is 3.51. The smallest absolute Gasteiger partial charge is 0.338 e. The predicted octanol–water partition coefficient (Wildman–Crippen LogP) is 0.360. The van der Waals surface area contributed by atoms with Gasteiger partial charge in [0, 0.05) is 0 Å². The summed E-state index contributed by atoms with van der Waals surface area (Å²) in [5.41, 5.74) is 0.282. The average Bonchev–Trinajstić information content (AvgIpc) is 2.58. The molecule has 1 unspecified atom stereocenters. The van der Waals surface area contributed by atoms with Gasteiger partial charge in [0.15, 0.2) is 6.10 Å². The number of esters is 1. The van der Waals surface area contributed by atoms with Crippen LogP contribution >= 0.6 is 0 Å². The van der Waals surface area contributed by atoms with Crippen LogP contribution in [0.1, 0.15) is 16.8 Å². The monoisotopic (exact) mass is 235 g/mol. The molecule has 0 aliphatic carbocycles. The van der Waals surface area contributed by atoms with Gasteiger partial charge in [-0.3, -0.25) is 14.8 Å². The maximum Gasteiger partial charge on any atom is 0.338 e. The molecule has 2 rings (SSSR count). The average molecular weight is 235 g/mol. The summed E-state index contributed by atoms with van der Waals surface area (Å²) in [5.74, 6) is -2.40. The Hall–Kier alpha value is -2.21. The van der Waals surface area contributed by atoms with Crippen LogP contribution in [0.2, 0.25) is 0 Å². The molecular formula is C11H9NO5. The Morgan fingerprint density at radius 3 is 2.47 bits per heavy atom. The number of amides is 2. The third kappa shape index (κ3) is 2.16. The van der Waals surface area contributed by atoms with E-state index >= 15 is 0 Å². The van der Waals surface area contributed by atoms with E-state index in [4.69, 9.17) is 9.94 Å². The number of hydroxylamine groups is 2. The van der Waals surface area contributed by atoms with Gasteiger partial charge in [-0.2, -0.15) is 5.06 Å². The van der Waals surface area contributed by atoms with Gasteiger partial charge in [0.05, 0.1) is 12.0 Å². The molecule has 88 valence electrons. The zero-order valence-electron chi connectivity index (χ0n) is 8.70. The molecule has 6 nitrogen and oxygen atoms in total. The third-order valence-electron chi connectivity index (χ3n) is 2.34. The van der Waals surface area contributed by atoms with Crippen molar-refractivity contribution in [1.29, 1.82) is 0 Å². The normalized spacial score (nSPS) is 19.6. The minimum Gasteiger partial charge on any atom is -0.448 e. The van der Waals surface area contributed by atoms with Crippen molar-refractivity contribution in [3.8, 4) is 0 Å². The van der Waals surface area contributed by atoms with Crippen LogP contribution in [0.3, 0.4) is 0 Å². The van der Waals surface area contributed by atoms with Crippen LogP contribution in [0.15, 0.2) is 30.3 Å². The first-order chi connectivity index (χ1) is 8.09. The van der Waals surface area contributed by atoms with Crippen molar-refractivity contribution < 1.29 is 24.3 Å². The fourth-order valence-electron chi connectivity index (χ4n) is 1.46. The van der Waals surface area contributed by atoms with Gasteiger partial charge in [0.1, 0.15) is 0 Å². The van der Waals surface area contributed by atoms with Crippen LogP contribution in [-0.4, -0.2) is 34.2 Å². The van der Waals surface area contributed by atoms with Crippen molar-refractivity contribution in [1.82, 2.24) is 5.06 Å². The molecule has 0 saturated carbocycles. The molecule has 2 amide bonds. The van der Waals surface area contributed by atoms with Gasteiger partial charge in [-0.1, -0.05) is 18.2 Å². The standard InChI is InChI=1S/C11H9NO5/c13-9-6-8(10(14)12(9)16)17-11(15)7-4-2-1-3-5-7/h1-5,8,16H,6H2. The number of ether oxygens (including phenoxy) is 1. The molecule has 1 heterocycles. The molecule has 1 fully saturated rings. The SMILES string of the molecule is O=C(OC1CC(=O)N(O)C1=O)c1ccccc1. The zero-order chi connectivity index (χ0) is 12.4. The first-order valence-electron chi connectivity index (χ1n) is 4.91. The van der Waals surface area contributed by atoms with E-state index in [1.165, 1.54) is 12.1 Å². The Bertz CT molecular complexity index is 470. The summed E-state index contributed by atoms with van der Waals surface area (Å²) in [6.07, 6.45) is -1.56. The number of hydrogen-bond acceptors (Lipinski definition) is 5. The summed E-state index contributed by atoms with van der Waals surface area (Å²) in [5, 5.41) is 8.94. The first kappa shape index (κ1) is 11.3. The van der Waals surface area contributed by atoms with Gasteiger partial charge < -0.3 is 4.74 Å². The van der Waals surface area contributed by atoms with Gasteiger partial charge in [0.25, 0.3) is 11.8 Å². The van der Waals surface area contributed by atoms with E-state index in [-0.39, 0.29) is 17.0 Å². The summed E-state index contributed by atoms with van der Waals surface area (Å²) in [4.78, 5) is 33.8. The van der Waals surface area contributed by atoms with Crippen LogP contribution in [0.5, 0.6) is 0 Å². The van der Waals surface area contributed by atoms with Crippen molar-refractivity contribution in [3.05, 3.63) is 35.9 Å². The van der Waals surface area contributed by atoms with Gasteiger partial charge >= 0.3 is 5.97 Å². The lowest BCUT2D eigenvalue weighted by Crippen LogP contribution is -2.30. The van der Waals surface area contributed by atoms with E-state index in [0.29, 0.717) is 0 Å². The van der Waals surface area contributed by atoms with Gasteiger partial charge in [-0.05, 0) is 12.1 Å². The zero-order valence-corrected chi connectivity index (χ0v) is 8.70. The molecule has 0 aromatic heterocycles. The molecule has 6 heteroatoms. The molecule has 0 spiro atoms. The quantitative estimate of drug-likeness (QED) is 0.454. The highest BCUT2D eigenvalue weighted by atomic mass is 16.6. The minimum absolute atomic E-state index is 0.0249. The number of nitrogens with zero attached hydrogens (tertiary/aromatic N) is 1. The number of carbonyl (C=O) groups is 3. The lowest BCUT2D eigenvalue weighted by Gasteiger charge is -2.09. The van der Waals surface area contributed by atoms with E-state index in [0.717, 1.165) is 0 Å². The Labute approximate surface area is 96.4 Å². The molecule has 1 aromatic carbocycles. The molecule has 1 N–H and O–H groups in total. The Kier molecular flexibility index (Phi) is 2.88. The number of carbonyl (C=O) groups excluding carboxylic acids is 3. The topological polar surface area (TPSA) is 83.9 Å². The summed E-state index contributed by atoms with van der Waals surface area (Å²) >= 11 is 0. The van der Waals surface area contributed by atoms with Crippen molar-refractivity contribution >= 4 is 17.8 Å². The number of hydrogen-bond donors (Lipinski definition) is 1. The van der Waals surface area contributed by atoms with Crippen LogP contribution in [0.4, 0.5) is 0 Å². The van der Waals surface area contributed by atoms with Gasteiger partial charge in [0.2, 0.25) is 0 Å². The highest BCUT2D eigenvalue weighted by Gasteiger charge is 2.40. The number of imide groups is 1. The van der Waals surface area contributed by atoms with Crippen molar-refractivity contribution in [2.75, 3.05) is 0 Å². The van der Waals surface area contributed by atoms with Crippen LogP contribution in [0, 0.1) is 0 Å². The molecule has 1 atom stereocenters. The van der Waals surface area contributed by atoms with Crippen molar-refractivity contribution in [2.24, 2.45) is 0 Å². The van der Waals surface area contributed by atoms with Crippen LogP contribution < -0.4 is 0 Å². The second-order valence-electron chi connectivity index (χ2n) is 3.51. The fourth-order valence-corrected chi connectivity index (χ4v) is 1.46. The highest BCUT2D eigenvalue weighted by Crippen LogP contribution is 2.15. The molecule has 0 bridgehead atoms. The van der Waals surface area contributed by atoms with E-state index < -0.39 is 23.9 Å². The fraction of sp³-hybridized carbons (Fsp3) is 0.182. The minimum atomic E-state index is -1.24. The molecule has 1 saturated heterocycles. The number of benzene rings is 1. The van der Waals surface area contributed by atoms with Crippen LogP contribution in [0.25, 0.3) is 0 Å². The van der Waals surface area contributed by atoms with Crippen molar-refractivity contribution in [3.63, 3.8) is 0 Å². The number of rotatable bonds is 2. The highest BCUT2D eigenvalue weighted by molar-refractivity contribution is 6.05. The van der Waals surface area contributed by atoms with E-state index in [1.54, 1.807) is 18.2 Å². The Morgan fingerprint density at radius 2 is 1.94 bits per heavy atom. The first-order valence-corrected chi connectivity index (χ1v) is 4.91.